The highest BCUT2D eigenvalue weighted by Crippen LogP contribution is 2.15. The van der Waals surface area contributed by atoms with Crippen molar-refractivity contribution < 1.29 is 14.1 Å². The topological polar surface area (TPSA) is 102 Å². The fourth-order valence-corrected chi connectivity index (χ4v) is 3.21. The van der Waals surface area contributed by atoms with Gasteiger partial charge in [-0.25, -0.2) is 4.68 Å². The number of anilines is 1. The van der Waals surface area contributed by atoms with Gasteiger partial charge in [0.2, 0.25) is 11.8 Å². The van der Waals surface area contributed by atoms with Crippen LogP contribution in [0.1, 0.15) is 18.2 Å². The van der Waals surface area contributed by atoms with Crippen LogP contribution in [0.15, 0.2) is 47.2 Å². The standard InChI is InChI=1S/C19H20ClN5O3S/c1-12-7-17(24-28-12)23-19(27)13(2)29-11-18(26)21-8-14-9-22-25(10-14)16-5-3-15(20)4-6-16/h3-7,9-10,13H,8,11H2,1-2H3,(H,21,26)(H,23,24,27). The molecule has 0 saturated carbocycles. The van der Waals surface area contributed by atoms with Crippen LogP contribution in [0.25, 0.3) is 5.69 Å². The largest absolute Gasteiger partial charge is 0.360 e. The molecule has 29 heavy (non-hydrogen) atoms. The van der Waals surface area contributed by atoms with Gasteiger partial charge in [0, 0.05) is 29.4 Å². The van der Waals surface area contributed by atoms with Crippen molar-refractivity contribution >= 4 is 41.0 Å². The lowest BCUT2D eigenvalue weighted by Gasteiger charge is -2.10. The lowest BCUT2D eigenvalue weighted by molar-refractivity contribution is -0.118. The average Bonchev–Trinajstić information content (AvgIpc) is 3.34. The Morgan fingerprint density at radius 1 is 1.31 bits per heavy atom. The van der Waals surface area contributed by atoms with Crippen LogP contribution in [0.2, 0.25) is 5.02 Å². The van der Waals surface area contributed by atoms with Crippen molar-refractivity contribution in [2.75, 3.05) is 11.1 Å². The fraction of sp³-hybridized carbons (Fsp3) is 0.263. The predicted molar refractivity (Wildman–Crippen MR) is 112 cm³/mol. The van der Waals surface area contributed by atoms with Gasteiger partial charge in [-0.15, -0.1) is 11.8 Å². The zero-order valence-electron chi connectivity index (χ0n) is 15.9. The zero-order chi connectivity index (χ0) is 20.8. The van der Waals surface area contributed by atoms with Gasteiger partial charge in [0.25, 0.3) is 0 Å². The van der Waals surface area contributed by atoms with Gasteiger partial charge < -0.3 is 15.2 Å². The van der Waals surface area contributed by atoms with E-state index in [9.17, 15) is 9.59 Å². The number of carbonyl (C=O) groups excluding carboxylic acids is 2. The molecule has 2 aromatic heterocycles. The van der Waals surface area contributed by atoms with Crippen molar-refractivity contribution in [1.29, 1.82) is 0 Å². The van der Waals surface area contributed by atoms with Crippen LogP contribution in [-0.4, -0.2) is 37.8 Å². The molecule has 1 unspecified atom stereocenters. The average molecular weight is 434 g/mol. The molecule has 152 valence electrons. The molecule has 2 amide bonds. The number of amides is 2. The number of nitrogens with one attached hydrogen (secondary N) is 2. The van der Waals surface area contributed by atoms with Gasteiger partial charge in [-0.3, -0.25) is 9.59 Å². The molecular weight excluding hydrogens is 414 g/mol. The van der Waals surface area contributed by atoms with Crippen molar-refractivity contribution in [2.24, 2.45) is 0 Å². The SMILES string of the molecule is Cc1cc(NC(=O)C(C)SCC(=O)NCc2cnn(-c3ccc(Cl)cc3)c2)no1. The lowest BCUT2D eigenvalue weighted by Crippen LogP contribution is -2.28. The first-order valence-corrected chi connectivity index (χ1v) is 10.3. The van der Waals surface area contributed by atoms with Gasteiger partial charge in [0.05, 0.1) is 22.9 Å². The maximum atomic E-state index is 12.1. The highest BCUT2D eigenvalue weighted by atomic mass is 35.5. The Balaban J connectivity index is 1.41. The van der Waals surface area contributed by atoms with Gasteiger partial charge in [0.1, 0.15) is 5.76 Å². The van der Waals surface area contributed by atoms with Crippen LogP contribution in [-0.2, 0) is 16.1 Å². The van der Waals surface area contributed by atoms with Crippen molar-refractivity contribution in [3.63, 3.8) is 0 Å². The molecule has 0 aliphatic carbocycles. The molecule has 8 nitrogen and oxygen atoms in total. The van der Waals surface area contributed by atoms with Crippen LogP contribution < -0.4 is 10.6 Å². The summed E-state index contributed by atoms with van der Waals surface area (Å²) in [4.78, 5) is 24.2. The number of carbonyl (C=O) groups is 2. The number of aryl methyl sites for hydroxylation is 1. The Morgan fingerprint density at radius 3 is 2.76 bits per heavy atom. The van der Waals surface area contributed by atoms with E-state index in [1.165, 1.54) is 11.8 Å². The highest BCUT2D eigenvalue weighted by Gasteiger charge is 2.16. The molecular formula is C19H20ClN5O3S. The number of halogens is 1. The molecule has 10 heteroatoms. The molecule has 3 rings (SSSR count). The summed E-state index contributed by atoms with van der Waals surface area (Å²) in [5.41, 5.74) is 1.75. The van der Waals surface area contributed by atoms with E-state index in [-0.39, 0.29) is 17.6 Å². The molecule has 2 N–H and O–H groups in total. The van der Waals surface area contributed by atoms with Crippen molar-refractivity contribution in [2.45, 2.75) is 25.6 Å². The second-order valence-electron chi connectivity index (χ2n) is 6.31. The number of nitrogens with zero attached hydrogens (tertiary/aromatic N) is 3. The molecule has 0 spiro atoms. The summed E-state index contributed by atoms with van der Waals surface area (Å²) in [5.74, 6) is 0.741. The summed E-state index contributed by atoms with van der Waals surface area (Å²) in [5, 5.41) is 13.7. The molecule has 1 aromatic carbocycles. The first-order valence-electron chi connectivity index (χ1n) is 8.82. The Hall–Kier alpha value is -2.78. The first-order chi connectivity index (χ1) is 13.9. The van der Waals surface area contributed by atoms with Gasteiger partial charge in [0.15, 0.2) is 5.82 Å². The van der Waals surface area contributed by atoms with E-state index in [1.54, 1.807) is 42.9 Å². The highest BCUT2D eigenvalue weighted by molar-refractivity contribution is 8.01. The van der Waals surface area contributed by atoms with Gasteiger partial charge in [-0.05, 0) is 38.1 Å². The second kappa shape index (κ2) is 9.62. The van der Waals surface area contributed by atoms with Crippen LogP contribution in [0.5, 0.6) is 0 Å². The van der Waals surface area contributed by atoms with Crippen molar-refractivity contribution in [1.82, 2.24) is 20.3 Å². The summed E-state index contributed by atoms with van der Waals surface area (Å²) in [6, 6.07) is 8.94. The molecule has 0 radical (unpaired) electrons. The van der Waals surface area contributed by atoms with E-state index in [1.807, 2.05) is 18.3 Å². The Kier molecular flexibility index (Phi) is 6.95. The number of thioether (sulfide) groups is 1. The summed E-state index contributed by atoms with van der Waals surface area (Å²) in [6.07, 6.45) is 3.53. The van der Waals surface area contributed by atoms with E-state index in [4.69, 9.17) is 16.1 Å². The van der Waals surface area contributed by atoms with E-state index in [0.29, 0.717) is 23.1 Å². The lowest BCUT2D eigenvalue weighted by atomic mass is 10.3. The monoisotopic (exact) mass is 433 g/mol. The minimum Gasteiger partial charge on any atom is -0.360 e. The van der Waals surface area contributed by atoms with Gasteiger partial charge in [-0.1, -0.05) is 16.8 Å². The van der Waals surface area contributed by atoms with E-state index < -0.39 is 5.25 Å². The zero-order valence-corrected chi connectivity index (χ0v) is 17.5. The first kappa shape index (κ1) is 20.9. The maximum absolute atomic E-state index is 12.1. The minimum absolute atomic E-state index is 0.161. The molecule has 0 aliphatic heterocycles. The molecule has 1 atom stereocenters. The third-order valence-corrected chi connectivity index (χ3v) is 5.32. The van der Waals surface area contributed by atoms with Crippen LogP contribution in [0.4, 0.5) is 5.82 Å². The normalized spacial score (nSPS) is 11.8. The molecule has 0 bridgehead atoms. The third kappa shape index (κ3) is 6.10. The molecule has 0 saturated heterocycles. The fourth-order valence-electron chi connectivity index (χ4n) is 2.37. The number of rotatable bonds is 8. The van der Waals surface area contributed by atoms with Crippen LogP contribution in [0, 0.1) is 6.92 Å². The smallest absolute Gasteiger partial charge is 0.238 e. The van der Waals surface area contributed by atoms with E-state index in [2.05, 4.69) is 20.9 Å². The summed E-state index contributed by atoms with van der Waals surface area (Å²) in [7, 11) is 0. The summed E-state index contributed by atoms with van der Waals surface area (Å²) >= 11 is 7.13. The molecule has 2 heterocycles. The van der Waals surface area contributed by atoms with Crippen LogP contribution >= 0.6 is 23.4 Å². The predicted octanol–water partition coefficient (Wildman–Crippen LogP) is 3.20. The Morgan fingerprint density at radius 2 is 2.07 bits per heavy atom. The summed E-state index contributed by atoms with van der Waals surface area (Å²) < 4.78 is 6.62. The minimum atomic E-state index is -0.412. The van der Waals surface area contributed by atoms with Gasteiger partial charge >= 0.3 is 0 Å². The second-order valence-corrected chi connectivity index (χ2v) is 8.08. The van der Waals surface area contributed by atoms with Crippen molar-refractivity contribution in [3.05, 3.63) is 59.1 Å². The number of benzene rings is 1. The Bertz CT molecular complexity index is 986. The number of hydrogen-bond acceptors (Lipinski definition) is 6. The van der Waals surface area contributed by atoms with Crippen LogP contribution in [0.3, 0.4) is 0 Å². The third-order valence-electron chi connectivity index (χ3n) is 3.93. The number of hydrogen-bond donors (Lipinski definition) is 2. The Labute approximate surface area is 177 Å². The van der Waals surface area contributed by atoms with E-state index in [0.717, 1.165) is 11.3 Å². The van der Waals surface area contributed by atoms with Gasteiger partial charge in [-0.2, -0.15) is 5.10 Å². The quantitative estimate of drug-likeness (QED) is 0.565. The summed E-state index contributed by atoms with van der Waals surface area (Å²) in [6.45, 7) is 3.83. The maximum Gasteiger partial charge on any atom is 0.238 e. The molecule has 3 aromatic rings. The molecule has 0 aliphatic rings. The number of aromatic nitrogens is 3. The van der Waals surface area contributed by atoms with Crippen molar-refractivity contribution in [3.8, 4) is 5.69 Å². The molecule has 0 fully saturated rings. The van der Waals surface area contributed by atoms with E-state index >= 15 is 0 Å².